The first kappa shape index (κ1) is 23.0. The van der Waals surface area contributed by atoms with E-state index in [-0.39, 0.29) is 12.2 Å². The second-order valence-electron chi connectivity index (χ2n) is 9.09. The highest BCUT2D eigenvalue weighted by Gasteiger charge is 2.37. The summed E-state index contributed by atoms with van der Waals surface area (Å²) in [6.07, 6.45) is 2.73. The Morgan fingerprint density at radius 1 is 1.22 bits per heavy atom. The maximum atomic E-state index is 12.6. The van der Waals surface area contributed by atoms with E-state index in [9.17, 15) is 4.79 Å². The van der Waals surface area contributed by atoms with Crippen LogP contribution in [0.4, 0.5) is 4.79 Å². The molecule has 3 aliphatic rings. The number of thiazole rings is 1. The normalized spacial score (nSPS) is 22.5. The first-order valence-corrected chi connectivity index (χ1v) is 12.2. The van der Waals surface area contributed by atoms with Crippen LogP contribution in [-0.4, -0.2) is 62.0 Å². The molecule has 1 amide bonds. The molecule has 0 radical (unpaired) electrons. The first-order valence-electron chi connectivity index (χ1n) is 11.3. The van der Waals surface area contributed by atoms with Crippen LogP contribution in [0.3, 0.4) is 0 Å². The number of hydrogen-bond acceptors (Lipinski definition) is 7. The van der Waals surface area contributed by atoms with Gasteiger partial charge in [0, 0.05) is 37.6 Å². The lowest BCUT2D eigenvalue weighted by molar-refractivity contribution is -0.0350. The predicted octanol–water partition coefficient (Wildman–Crippen LogP) is 4.28. The monoisotopic (exact) mass is 459 g/mol. The van der Waals surface area contributed by atoms with Crippen LogP contribution in [0.1, 0.15) is 38.8 Å². The predicted molar refractivity (Wildman–Crippen MR) is 125 cm³/mol. The molecule has 1 aromatic heterocycles. The molecule has 1 unspecified atom stereocenters. The number of aromatic nitrogens is 1. The Bertz CT molecular complexity index is 891. The molecule has 32 heavy (non-hydrogen) atoms. The van der Waals surface area contributed by atoms with E-state index in [1.54, 1.807) is 18.4 Å². The van der Waals surface area contributed by atoms with E-state index in [0.717, 1.165) is 60.9 Å². The number of ether oxygens (including phenoxy) is 3. The zero-order valence-electron chi connectivity index (χ0n) is 19.1. The molecule has 3 saturated heterocycles. The molecule has 3 fully saturated rings. The molecule has 3 aliphatic heterocycles. The third kappa shape index (κ3) is 5.60. The van der Waals surface area contributed by atoms with E-state index < -0.39 is 5.54 Å². The highest BCUT2D eigenvalue weighted by atomic mass is 32.1. The molecular formula is C24H33N3O4S. The van der Waals surface area contributed by atoms with Gasteiger partial charge in [0.05, 0.1) is 17.8 Å². The van der Waals surface area contributed by atoms with Crippen LogP contribution in [0.2, 0.25) is 0 Å². The highest BCUT2D eigenvalue weighted by Crippen LogP contribution is 2.32. The Balaban J connectivity index is 1.33. The van der Waals surface area contributed by atoms with Gasteiger partial charge < -0.3 is 19.5 Å². The number of nitrogens with one attached hydrogen (secondary N) is 1. The molecule has 1 aromatic carbocycles. The van der Waals surface area contributed by atoms with Crippen molar-refractivity contribution in [2.75, 3.05) is 40.0 Å². The fraction of sp³-hybridized carbons (Fsp3) is 0.583. The largest absolute Gasteiger partial charge is 0.494 e. The molecule has 0 spiro atoms. The van der Waals surface area contributed by atoms with Crippen LogP contribution in [-0.2, 0) is 15.0 Å². The third-order valence-electron chi connectivity index (χ3n) is 6.28. The molecule has 0 saturated carbocycles. The van der Waals surface area contributed by atoms with Crippen LogP contribution in [0.5, 0.6) is 5.75 Å². The fourth-order valence-corrected chi connectivity index (χ4v) is 5.30. The number of hydrogen-bond donors (Lipinski definition) is 1. The van der Waals surface area contributed by atoms with Gasteiger partial charge in [-0.15, -0.1) is 11.3 Å². The van der Waals surface area contributed by atoms with Crippen molar-refractivity contribution in [2.24, 2.45) is 5.92 Å². The lowest BCUT2D eigenvalue weighted by Crippen LogP contribution is -2.53. The van der Waals surface area contributed by atoms with E-state index in [1.807, 2.05) is 43.5 Å². The third-order valence-corrected chi connectivity index (χ3v) is 7.17. The fourth-order valence-electron chi connectivity index (χ4n) is 4.31. The number of methoxy groups -OCH3 is 1. The molecule has 5 rings (SSSR count). The summed E-state index contributed by atoms with van der Waals surface area (Å²) >= 11 is 1.57. The molecule has 2 bridgehead atoms. The Hall–Kier alpha value is -2.16. The Morgan fingerprint density at radius 2 is 1.97 bits per heavy atom. The average Bonchev–Trinajstić information content (AvgIpc) is 3.29. The van der Waals surface area contributed by atoms with E-state index in [2.05, 4.69) is 10.2 Å². The number of carbonyl (C=O) groups is 1. The summed E-state index contributed by atoms with van der Waals surface area (Å²) in [5.74, 6) is 1.32. The zero-order valence-corrected chi connectivity index (χ0v) is 20.0. The molecular weight excluding hydrogens is 426 g/mol. The Kier molecular flexibility index (Phi) is 7.33. The average molecular weight is 460 g/mol. The van der Waals surface area contributed by atoms with Gasteiger partial charge in [-0.2, -0.15) is 0 Å². The van der Waals surface area contributed by atoms with Crippen molar-refractivity contribution in [2.45, 2.75) is 44.8 Å². The van der Waals surface area contributed by atoms with Crippen molar-refractivity contribution in [1.29, 1.82) is 0 Å². The van der Waals surface area contributed by atoms with Crippen LogP contribution < -0.4 is 10.1 Å². The van der Waals surface area contributed by atoms with Crippen LogP contribution >= 0.6 is 11.3 Å². The van der Waals surface area contributed by atoms with Gasteiger partial charge in [-0.3, -0.25) is 4.90 Å². The van der Waals surface area contributed by atoms with E-state index in [0.29, 0.717) is 19.1 Å². The number of fused-ring (bicyclic) bond motifs is 3. The molecule has 8 heteroatoms. The van der Waals surface area contributed by atoms with Crippen molar-refractivity contribution in [3.63, 3.8) is 0 Å². The van der Waals surface area contributed by atoms with Crippen LogP contribution in [0, 0.1) is 5.92 Å². The van der Waals surface area contributed by atoms with Gasteiger partial charge in [-0.05, 0) is 70.0 Å². The quantitative estimate of drug-likeness (QED) is 0.564. The van der Waals surface area contributed by atoms with Gasteiger partial charge in [-0.1, -0.05) is 0 Å². The Morgan fingerprint density at radius 3 is 2.62 bits per heavy atom. The van der Waals surface area contributed by atoms with Gasteiger partial charge in [0.2, 0.25) is 0 Å². The topological polar surface area (TPSA) is 72.9 Å². The SMILES string of the molecule is COCCCOc1ccc(-c2nc(C(C)(C)NC(=O)OC3CN4CCC3CC4)cs2)cc1. The minimum absolute atomic E-state index is 0.00507. The second kappa shape index (κ2) is 10.2. The van der Waals surface area contributed by atoms with Crippen molar-refractivity contribution >= 4 is 17.4 Å². The van der Waals surface area contributed by atoms with E-state index in [1.165, 1.54) is 0 Å². The van der Waals surface area contributed by atoms with Gasteiger partial charge in [0.25, 0.3) is 0 Å². The van der Waals surface area contributed by atoms with Crippen LogP contribution in [0.15, 0.2) is 29.6 Å². The first-order chi connectivity index (χ1) is 15.4. The van der Waals surface area contributed by atoms with E-state index >= 15 is 0 Å². The highest BCUT2D eigenvalue weighted by molar-refractivity contribution is 7.13. The number of carbonyl (C=O) groups excluding carboxylic acids is 1. The van der Waals surface area contributed by atoms with Crippen molar-refractivity contribution < 1.29 is 19.0 Å². The minimum Gasteiger partial charge on any atom is -0.494 e. The van der Waals surface area contributed by atoms with Gasteiger partial charge in [-0.25, -0.2) is 9.78 Å². The summed E-state index contributed by atoms with van der Waals surface area (Å²) in [5.41, 5.74) is 1.23. The van der Waals surface area contributed by atoms with Gasteiger partial charge in [0.15, 0.2) is 0 Å². The summed E-state index contributed by atoms with van der Waals surface area (Å²) in [7, 11) is 1.69. The number of benzene rings is 1. The summed E-state index contributed by atoms with van der Waals surface area (Å²) < 4.78 is 16.6. The number of nitrogens with zero attached hydrogens (tertiary/aromatic N) is 2. The minimum atomic E-state index is -0.621. The second-order valence-corrected chi connectivity index (χ2v) is 9.95. The molecule has 174 valence electrons. The summed E-state index contributed by atoms with van der Waals surface area (Å²) in [4.78, 5) is 19.8. The Labute approximate surface area is 194 Å². The van der Waals surface area contributed by atoms with Crippen LogP contribution in [0.25, 0.3) is 10.6 Å². The number of alkyl carbamates (subject to hydrolysis) is 1. The lowest BCUT2D eigenvalue weighted by Gasteiger charge is -2.44. The van der Waals surface area contributed by atoms with Crippen molar-refractivity contribution in [3.05, 3.63) is 35.3 Å². The molecule has 4 heterocycles. The molecule has 0 aliphatic carbocycles. The number of rotatable bonds is 9. The van der Waals surface area contributed by atoms with E-state index in [4.69, 9.17) is 19.2 Å². The zero-order chi connectivity index (χ0) is 22.6. The van der Waals surface area contributed by atoms with Gasteiger partial charge >= 0.3 is 6.09 Å². The smallest absolute Gasteiger partial charge is 0.408 e. The number of amides is 1. The van der Waals surface area contributed by atoms with Crippen molar-refractivity contribution in [3.8, 4) is 16.3 Å². The lowest BCUT2D eigenvalue weighted by atomic mass is 9.86. The summed E-state index contributed by atoms with van der Waals surface area (Å²) in [5, 5.41) is 5.93. The van der Waals surface area contributed by atoms with Crippen molar-refractivity contribution in [1.82, 2.24) is 15.2 Å². The molecule has 1 N–H and O–H groups in total. The molecule has 2 aromatic rings. The maximum Gasteiger partial charge on any atom is 0.408 e. The maximum absolute atomic E-state index is 12.6. The molecule has 1 atom stereocenters. The number of piperidine rings is 3. The van der Waals surface area contributed by atoms with Gasteiger partial charge in [0.1, 0.15) is 16.9 Å². The molecule has 7 nitrogen and oxygen atoms in total. The summed E-state index contributed by atoms with van der Waals surface area (Å²) in [6.45, 7) is 8.34. The summed E-state index contributed by atoms with van der Waals surface area (Å²) in [6, 6.07) is 7.93. The standard InChI is InChI=1S/C24H33N3O4S/c1-24(2,26-23(28)31-20-15-27-11-9-17(20)10-12-27)21-16-32-22(25-21)18-5-7-19(8-6-18)30-14-4-13-29-3/h5-8,16-17,20H,4,9-15H2,1-3H3,(H,26,28).